The Morgan fingerprint density at radius 2 is 1.90 bits per heavy atom. The fourth-order valence-corrected chi connectivity index (χ4v) is 1.09. The van der Waals surface area contributed by atoms with Crippen molar-refractivity contribution in [1.82, 2.24) is 4.98 Å². The number of nitrogens with one attached hydrogen (secondary N) is 1. The van der Waals surface area contributed by atoms with E-state index in [0.717, 1.165) is 18.2 Å². The van der Waals surface area contributed by atoms with Crippen LogP contribution in [0.2, 0.25) is 0 Å². The van der Waals surface area contributed by atoms with Crippen LogP contribution in [0, 0.1) is 0 Å². The maximum Gasteiger partial charge on any atom is 0.345 e. The smallest absolute Gasteiger partial charge is 0.329 e. The summed E-state index contributed by atoms with van der Waals surface area (Å²) in [7, 11) is 0.949. The van der Waals surface area contributed by atoms with Crippen molar-refractivity contribution < 1.29 is 13.5 Å². The Kier molecular flexibility index (Phi) is 14.1. The van der Waals surface area contributed by atoms with Crippen molar-refractivity contribution in [2.24, 2.45) is 0 Å². The molecular weight excluding hydrogens is 264 g/mol. The van der Waals surface area contributed by atoms with Gasteiger partial charge in [-0.05, 0) is 25.5 Å². The fraction of sp³-hybridized carbons (Fsp3) is 0.400. The Hall–Kier alpha value is -1.75. The first-order valence-electron chi connectivity index (χ1n) is 6.30. The minimum absolute atomic E-state index is 0.0687. The van der Waals surface area contributed by atoms with Crippen LogP contribution in [0.15, 0.2) is 40.8 Å². The number of methoxy groups -OCH3 is 1. The van der Waals surface area contributed by atoms with Gasteiger partial charge >= 0.3 is 6.61 Å². The number of pyridine rings is 1. The van der Waals surface area contributed by atoms with Crippen LogP contribution in [0.3, 0.4) is 0 Å². The van der Waals surface area contributed by atoms with Crippen molar-refractivity contribution in [3.05, 3.63) is 52.0 Å². The van der Waals surface area contributed by atoms with Crippen LogP contribution in [0.4, 0.5) is 8.78 Å². The standard InChI is InChI=1S/C11H13NO.C2H4F2O.C2H6/c1-3-4-9(2)7-10-5-6-11(13)12-8-10;1-5-2(3)4;1-2/h3-8H,1-2H3,(H,12,13);2H,1H3;1-2H3/b4-3-,9-7-;;. The topological polar surface area (TPSA) is 42.1 Å². The zero-order valence-electron chi connectivity index (χ0n) is 12.6. The average Bonchev–Trinajstić information content (AvgIpc) is 2.44. The lowest BCUT2D eigenvalue weighted by Gasteiger charge is -1.93. The van der Waals surface area contributed by atoms with Gasteiger partial charge in [-0.15, -0.1) is 0 Å². The average molecular weight is 287 g/mol. The second-order valence-corrected chi connectivity index (χ2v) is 3.37. The first-order chi connectivity index (χ1) is 9.49. The summed E-state index contributed by atoms with van der Waals surface area (Å²) in [5, 5.41) is 0. The lowest BCUT2D eigenvalue weighted by Crippen LogP contribution is -2.01. The van der Waals surface area contributed by atoms with E-state index in [0.29, 0.717) is 0 Å². The Morgan fingerprint density at radius 3 is 2.25 bits per heavy atom. The third kappa shape index (κ3) is 12.7. The summed E-state index contributed by atoms with van der Waals surface area (Å²) in [5.41, 5.74) is 2.10. The number of ether oxygens (including phenoxy) is 1. The summed E-state index contributed by atoms with van der Waals surface area (Å²) in [6.45, 7) is 5.38. The van der Waals surface area contributed by atoms with Gasteiger partial charge in [-0.25, -0.2) is 0 Å². The Labute approximate surface area is 119 Å². The summed E-state index contributed by atoms with van der Waals surface area (Å²) in [6, 6.07) is 3.32. The Balaban J connectivity index is 0. The minimum Gasteiger partial charge on any atom is -0.329 e. The van der Waals surface area contributed by atoms with E-state index in [1.54, 1.807) is 12.3 Å². The van der Waals surface area contributed by atoms with Gasteiger partial charge in [0, 0.05) is 19.4 Å². The minimum atomic E-state index is -2.62. The molecule has 0 saturated carbocycles. The molecule has 5 heteroatoms. The molecule has 0 aliphatic heterocycles. The van der Waals surface area contributed by atoms with Gasteiger partial charge < -0.3 is 9.72 Å². The quantitative estimate of drug-likeness (QED) is 0.845. The van der Waals surface area contributed by atoms with Gasteiger partial charge in [0.05, 0.1) is 0 Å². The normalized spacial score (nSPS) is 10.7. The number of allylic oxidation sites excluding steroid dienone is 3. The highest BCUT2D eigenvalue weighted by atomic mass is 19.3. The molecule has 0 spiro atoms. The number of rotatable bonds is 3. The Morgan fingerprint density at radius 1 is 1.35 bits per heavy atom. The van der Waals surface area contributed by atoms with Crippen LogP contribution in [0.5, 0.6) is 0 Å². The second kappa shape index (κ2) is 13.7. The summed E-state index contributed by atoms with van der Waals surface area (Å²) >= 11 is 0. The van der Waals surface area contributed by atoms with Crippen LogP contribution in [-0.2, 0) is 4.74 Å². The molecule has 1 aromatic rings. The number of H-pyrrole nitrogens is 1. The first-order valence-corrected chi connectivity index (χ1v) is 6.30. The third-order valence-electron chi connectivity index (χ3n) is 1.81. The monoisotopic (exact) mass is 287 g/mol. The molecule has 20 heavy (non-hydrogen) atoms. The molecule has 0 unspecified atom stereocenters. The van der Waals surface area contributed by atoms with E-state index in [1.165, 1.54) is 6.07 Å². The van der Waals surface area contributed by atoms with Crippen LogP contribution in [-0.4, -0.2) is 18.7 Å². The summed E-state index contributed by atoms with van der Waals surface area (Å²) in [4.78, 5) is 13.4. The van der Waals surface area contributed by atoms with Crippen LogP contribution < -0.4 is 5.56 Å². The molecule has 1 rings (SSSR count). The molecule has 0 aliphatic rings. The number of aromatic amines is 1. The maximum atomic E-state index is 10.7. The number of hydrogen-bond donors (Lipinski definition) is 1. The third-order valence-corrected chi connectivity index (χ3v) is 1.81. The van der Waals surface area contributed by atoms with Crippen LogP contribution in [0.1, 0.15) is 33.3 Å². The van der Waals surface area contributed by atoms with E-state index in [-0.39, 0.29) is 5.56 Å². The molecule has 3 nitrogen and oxygen atoms in total. The zero-order chi connectivity index (χ0) is 16.0. The molecule has 0 saturated heterocycles. The highest BCUT2D eigenvalue weighted by molar-refractivity contribution is 5.53. The fourth-order valence-electron chi connectivity index (χ4n) is 1.09. The molecule has 0 radical (unpaired) electrons. The summed E-state index contributed by atoms with van der Waals surface area (Å²) in [5.74, 6) is 0. The molecule has 0 aliphatic carbocycles. The molecule has 0 fully saturated rings. The van der Waals surface area contributed by atoms with E-state index < -0.39 is 6.61 Å². The van der Waals surface area contributed by atoms with Crippen molar-refractivity contribution in [2.45, 2.75) is 34.3 Å². The molecule has 1 heterocycles. The Bertz CT molecular complexity index is 431. The number of aromatic nitrogens is 1. The highest BCUT2D eigenvalue weighted by Crippen LogP contribution is 2.04. The molecule has 1 aromatic heterocycles. The largest absolute Gasteiger partial charge is 0.345 e. The van der Waals surface area contributed by atoms with Gasteiger partial charge in [0.1, 0.15) is 0 Å². The van der Waals surface area contributed by atoms with Crippen molar-refractivity contribution in [3.63, 3.8) is 0 Å². The van der Waals surface area contributed by atoms with Crippen molar-refractivity contribution >= 4 is 6.08 Å². The van der Waals surface area contributed by atoms with Gasteiger partial charge in [0.2, 0.25) is 5.56 Å². The zero-order valence-corrected chi connectivity index (χ0v) is 12.6. The predicted molar refractivity (Wildman–Crippen MR) is 79.9 cm³/mol. The molecule has 1 N–H and O–H groups in total. The van der Waals surface area contributed by atoms with Gasteiger partial charge in [-0.1, -0.05) is 37.6 Å². The first kappa shape index (κ1) is 20.6. The van der Waals surface area contributed by atoms with Gasteiger partial charge in [0.15, 0.2) is 0 Å². The molecular formula is C15H23F2NO2. The molecule has 0 amide bonds. The van der Waals surface area contributed by atoms with E-state index in [2.05, 4.69) is 9.72 Å². The molecule has 114 valence electrons. The van der Waals surface area contributed by atoms with E-state index in [1.807, 2.05) is 45.9 Å². The highest BCUT2D eigenvalue weighted by Gasteiger charge is 1.90. The van der Waals surface area contributed by atoms with Crippen LogP contribution in [0.25, 0.3) is 6.08 Å². The lowest BCUT2D eigenvalue weighted by atomic mass is 10.2. The van der Waals surface area contributed by atoms with E-state index in [4.69, 9.17) is 0 Å². The maximum absolute atomic E-state index is 10.7. The number of hydrogen-bond acceptors (Lipinski definition) is 2. The van der Waals surface area contributed by atoms with Gasteiger partial charge in [0.25, 0.3) is 0 Å². The predicted octanol–water partition coefficient (Wildman–Crippen LogP) is 4.24. The van der Waals surface area contributed by atoms with Crippen molar-refractivity contribution in [2.75, 3.05) is 7.11 Å². The van der Waals surface area contributed by atoms with Gasteiger partial charge in [-0.2, -0.15) is 8.78 Å². The van der Waals surface area contributed by atoms with Crippen molar-refractivity contribution in [3.8, 4) is 0 Å². The van der Waals surface area contributed by atoms with E-state index >= 15 is 0 Å². The second-order valence-electron chi connectivity index (χ2n) is 3.37. The molecule has 0 aromatic carbocycles. The number of alkyl halides is 2. The van der Waals surface area contributed by atoms with Gasteiger partial charge in [-0.3, -0.25) is 4.79 Å². The van der Waals surface area contributed by atoms with E-state index in [9.17, 15) is 13.6 Å². The lowest BCUT2D eigenvalue weighted by molar-refractivity contribution is -0.105. The summed E-state index contributed by atoms with van der Waals surface area (Å²) < 4.78 is 24.5. The number of halogens is 2. The molecule has 0 atom stereocenters. The molecule has 0 bridgehead atoms. The van der Waals surface area contributed by atoms with Crippen LogP contribution >= 0.6 is 0 Å². The summed E-state index contributed by atoms with van der Waals surface area (Å²) in [6.07, 6.45) is 7.72. The SMILES string of the molecule is C/C=C\C(C)=C/c1ccc(=O)[nH]c1.CC.COC(F)F. The van der Waals surface area contributed by atoms with Crippen molar-refractivity contribution in [1.29, 1.82) is 0 Å².